The van der Waals surface area contributed by atoms with Crippen molar-refractivity contribution in [2.75, 3.05) is 31.5 Å². The number of benzene rings is 2. The molecule has 3 aromatic rings. The second-order valence-electron chi connectivity index (χ2n) is 7.09. The van der Waals surface area contributed by atoms with Crippen LogP contribution in [0.15, 0.2) is 53.9 Å². The van der Waals surface area contributed by atoms with Crippen LogP contribution in [-0.2, 0) is 0 Å². The molecular weight excluding hydrogens is 439 g/mol. The second-order valence-corrected chi connectivity index (χ2v) is 8.39. The van der Waals surface area contributed by atoms with Crippen molar-refractivity contribution < 1.29 is 14.0 Å². The number of thiazole rings is 1. The van der Waals surface area contributed by atoms with Gasteiger partial charge in [-0.1, -0.05) is 29.8 Å². The van der Waals surface area contributed by atoms with Gasteiger partial charge < -0.3 is 15.1 Å². The highest BCUT2D eigenvalue weighted by Gasteiger charge is 2.25. The van der Waals surface area contributed by atoms with E-state index in [-0.39, 0.29) is 17.8 Å². The molecule has 0 saturated carbocycles. The summed E-state index contributed by atoms with van der Waals surface area (Å²) in [6, 6.07) is 13.1. The highest BCUT2D eigenvalue weighted by atomic mass is 35.5. The van der Waals surface area contributed by atoms with E-state index in [0.29, 0.717) is 59.6 Å². The maximum atomic E-state index is 14.0. The average molecular weight is 459 g/mol. The van der Waals surface area contributed by atoms with E-state index in [1.54, 1.807) is 57.6 Å². The maximum Gasteiger partial charge on any atom is 0.321 e. The Bertz CT molecular complexity index is 1110. The molecule has 0 aliphatic carbocycles. The van der Waals surface area contributed by atoms with Gasteiger partial charge in [-0.15, -0.1) is 11.3 Å². The fourth-order valence-electron chi connectivity index (χ4n) is 3.38. The number of nitrogens with zero attached hydrogens (tertiary/aromatic N) is 3. The van der Waals surface area contributed by atoms with Gasteiger partial charge in [-0.05, 0) is 36.8 Å². The molecule has 1 aliphatic heterocycles. The summed E-state index contributed by atoms with van der Waals surface area (Å²) in [5.41, 5.74) is 1.30. The van der Waals surface area contributed by atoms with Gasteiger partial charge in [0.2, 0.25) is 0 Å². The first-order chi connectivity index (χ1) is 15.0. The number of hydrogen-bond donors (Lipinski definition) is 1. The number of amides is 3. The lowest BCUT2D eigenvalue weighted by atomic mass is 10.2. The highest BCUT2D eigenvalue weighted by molar-refractivity contribution is 7.13. The summed E-state index contributed by atoms with van der Waals surface area (Å²) < 4.78 is 14.0. The van der Waals surface area contributed by atoms with Crippen LogP contribution in [-0.4, -0.2) is 52.9 Å². The first-order valence-corrected chi connectivity index (χ1v) is 11.1. The zero-order valence-electron chi connectivity index (χ0n) is 16.6. The van der Waals surface area contributed by atoms with Gasteiger partial charge in [0, 0.05) is 47.8 Å². The van der Waals surface area contributed by atoms with Gasteiger partial charge in [-0.25, -0.2) is 14.2 Å². The molecule has 3 amide bonds. The molecule has 9 heteroatoms. The quantitative estimate of drug-likeness (QED) is 0.601. The fraction of sp³-hybridized carbons (Fsp3) is 0.227. The van der Waals surface area contributed by atoms with E-state index in [1.165, 1.54) is 17.4 Å². The van der Waals surface area contributed by atoms with E-state index in [1.807, 2.05) is 0 Å². The Hall–Kier alpha value is -2.97. The molecule has 0 unspecified atom stereocenters. The average Bonchev–Trinajstić information content (AvgIpc) is 3.11. The predicted octanol–water partition coefficient (Wildman–Crippen LogP) is 4.98. The number of carbonyl (C=O) groups excluding carboxylic acids is 2. The second kappa shape index (κ2) is 9.45. The van der Waals surface area contributed by atoms with Crippen molar-refractivity contribution in [2.45, 2.75) is 6.42 Å². The molecular formula is C22H20ClFN4O2S. The number of rotatable bonds is 3. The Kier molecular flexibility index (Phi) is 6.48. The van der Waals surface area contributed by atoms with Crippen LogP contribution in [0.25, 0.3) is 10.6 Å². The number of nitrogens with one attached hydrogen (secondary N) is 1. The number of aromatic nitrogens is 1. The van der Waals surface area contributed by atoms with E-state index >= 15 is 0 Å². The lowest BCUT2D eigenvalue weighted by molar-refractivity contribution is 0.0757. The molecule has 2 aromatic carbocycles. The Morgan fingerprint density at radius 2 is 1.81 bits per heavy atom. The van der Waals surface area contributed by atoms with Crippen LogP contribution >= 0.6 is 22.9 Å². The molecule has 1 aliphatic rings. The first-order valence-electron chi connectivity index (χ1n) is 9.82. The van der Waals surface area contributed by atoms with Crippen LogP contribution in [0.1, 0.15) is 16.9 Å². The van der Waals surface area contributed by atoms with Crippen LogP contribution in [0, 0.1) is 5.82 Å². The van der Waals surface area contributed by atoms with E-state index < -0.39 is 0 Å². The van der Waals surface area contributed by atoms with E-state index in [9.17, 15) is 14.0 Å². The lowest BCUT2D eigenvalue weighted by Gasteiger charge is -2.22. The third-order valence-corrected chi connectivity index (χ3v) is 6.08. The van der Waals surface area contributed by atoms with Crippen molar-refractivity contribution in [1.82, 2.24) is 14.8 Å². The molecule has 0 bridgehead atoms. The maximum absolute atomic E-state index is 14.0. The van der Waals surface area contributed by atoms with E-state index in [4.69, 9.17) is 11.6 Å². The lowest BCUT2D eigenvalue weighted by Crippen LogP contribution is -2.39. The summed E-state index contributed by atoms with van der Waals surface area (Å²) in [5, 5.41) is 5.50. The molecule has 1 fully saturated rings. The monoisotopic (exact) mass is 458 g/mol. The molecule has 1 saturated heterocycles. The summed E-state index contributed by atoms with van der Waals surface area (Å²) in [7, 11) is 0. The van der Waals surface area contributed by atoms with Gasteiger partial charge >= 0.3 is 6.03 Å². The topological polar surface area (TPSA) is 65.5 Å². The Morgan fingerprint density at radius 1 is 1.03 bits per heavy atom. The van der Waals surface area contributed by atoms with Gasteiger partial charge in [0.05, 0.1) is 0 Å². The van der Waals surface area contributed by atoms with Crippen molar-refractivity contribution in [2.24, 2.45) is 0 Å². The zero-order chi connectivity index (χ0) is 21.8. The molecule has 0 atom stereocenters. The van der Waals surface area contributed by atoms with Crippen molar-refractivity contribution >= 4 is 40.6 Å². The molecule has 31 heavy (non-hydrogen) atoms. The molecule has 4 rings (SSSR count). The summed E-state index contributed by atoms with van der Waals surface area (Å²) in [4.78, 5) is 33.2. The molecule has 1 N–H and O–H groups in total. The minimum Gasteiger partial charge on any atom is -0.335 e. The molecule has 0 radical (unpaired) electrons. The van der Waals surface area contributed by atoms with Crippen molar-refractivity contribution in [1.29, 1.82) is 0 Å². The third kappa shape index (κ3) is 5.03. The SMILES string of the molecule is O=C(Nc1cccc(Cl)c1)N1CCCN(C(=O)c2csc(-c3ccccc3F)n2)CC1. The van der Waals surface area contributed by atoms with Gasteiger partial charge in [0.15, 0.2) is 0 Å². The molecule has 2 heterocycles. The van der Waals surface area contributed by atoms with Crippen LogP contribution in [0.2, 0.25) is 5.02 Å². The minimum absolute atomic E-state index is 0.212. The third-order valence-electron chi connectivity index (χ3n) is 4.97. The Morgan fingerprint density at radius 3 is 2.61 bits per heavy atom. The predicted molar refractivity (Wildman–Crippen MR) is 120 cm³/mol. The number of anilines is 1. The van der Waals surface area contributed by atoms with Gasteiger partial charge in [0.25, 0.3) is 5.91 Å². The van der Waals surface area contributed by atoms with Gasteiger partial charge in [0.1, 0.15) is 16.5 Å². The molecule has 0 spiro atoms. The number of hydrogen-bond acceptors (Lipinski definition) is 4. The largest absolute Gasteiger partial charge is 0.335 e. The van der Waals surface area contributed by atoms with Crippen LogP contribution < -0.4 is 5.32 Å². The van der Waals surface area contributed by atoms with Crippen molar-refractivity contribution in [3.63, 3.8) is 0 Å². The summed E-state index contributed by atoms with van der Waals surface area (Å²) >= 11 is 7.21. The summed E-state index contributed by atoms with van der Waals surface area (Å²) in [6.07, 6.45) is 0.652. The van der Waals surface area contributed by atoms with Crippen LogP contribution in [0.3, 0.4) is 0 Å². The molecule has 1 aromatic heterocycles. The Labute approximate surface area is 188 Å². The summed E-state index contributed by atoms with van der Waals surface area (Å²) in [5.74, 6) is -0.581. The first kappa shape index (κ1) is 21.3. The number of carbonyl (C=O) groups is 2. The number of halogens is 2. The normalized spacial score (nSPS) is 14.3. The number of urea groups is 1. The van der Waals surface area contributed by atoms with Gasteiger partial charge in [-0.3, -0.25) is 4.79 Å². The van der Waals surface area contributed by atoms with Crippen LogP contribution in [0.4, 0.5) is 14.9 Å². The van der Waals surface area contributed by atoms with Crippen LogP contribution in [0.5, 0.6) is 0 Å². The smallest absolute Gasteiger partial charge is 0.321 e. The zero-order valence-corrected chi connectivity index (χ0v) is 18.1. The van der Waals surface area contributed by atoms with E-state index in [2.05, 4.69) is 10.3 Å². The Balaban J connectivity index is 1.39. The van der Waals surface area contributed by atoms with Gasteiger partial charge in [-0.2, -0.15) is 0 Å². The standard InChI is InChI=1S/C22H20ClFN4O2S/c23-15-5-3-6-16(13-15)25-22(30)28-10-4-9-27(11-12-28)21(29)19-14-31-20(26-19)17-7-1-2-8-18(17)24/h1-3,5-8,13-14H,4,9-12H2,(H,25,30). The highest BCUT2D eigenvalue weighted by Crippen LogP contribution is 2.26. The summed E-state index contributed by atoms with van der Waals surface area (Å²) in [6.45, 7) is 1.86. The van der Waals surface area contributed by atoms with Crippen molar-refractivity contribution in [3.05, 3.63) is 70.4 Å². The van der Waals surface area contributed by atoms with Crippen molar-refractivity contribution in [3.8, 4) is 10.6 Å². The molecule has 160 valence electrons. The fourth-order valence-corrected chi connectivity index (χ4v) is 4.40. The minimum atomic E-state index is -0.369. The van der Waals surface area contributed by atoms with E-state index in [0.717, 1.165) is 0 Å². The molecule has 6 nitrogen and oxygen atoms in total.